The third-order valence-electron chi connectivity index (χ3n) is 2.96. The molecule has 0 aliphatic rings. The number of aromatic amines is 1. The van der Waals surface area contributed by atoms with Crippen molar-refractivity contribution in [2.45, 2.75) is 0 Å². The molecule has 1 aromatic carbocycles. The number of nitrogens with one attached hydrogen (secondary N) is 1. The summed E-state index contributed by atoms with van der Waals surface area (Å²) < 4.78 is 1.91. The van der Waals surface area contributed by atoms with E-state index in [1.165, 1.54) is 0 Å². The molecule has 5 N–H and O–H groups in total. The van der Waals surface area contributed by atoms with Crippen molar-refractivity contribution >= 4 is 33.3 Å². The molecule has 3 aromatic rings. The molecule has 0 radical (unpaired) electrons. The number of anilines is 2. The summed E-state index contributed by atoms with van der Waals surface area (Å²) in [6, 6.07) is 6.15. The number of rotatable bonds is 0. The Labute approximate surface area is 86.5 Å². The highest BCUT2D eigenvalue weighted by molar-refractivity contribution is 6.05. The van der Waals surface area contributed by atoms with Crippen LogP contribution in [0.15, 0.2) is 24.4 Å². The first-order valence-electron chi connectivity index (χ1n) is 4.79. The van der Waals surface area contributed by atoms with Gasteiger partial charge in [0, 0.05) is 29.5 Å². The third kappa shape index (κ3) is 0.905. The SMILES string of the molecule is Cn1c(N)c(N)c2cc3cc[nH]c3cc21. The number of fused-ring (bicyclic) bond motifs is 2. The minimum absolute atomic E-state index is 0.623. The summed E-state index contributed by atoms with van der Waals surface area (Å²) in [6.45, 7) is 0. The van der Waals surface area contributed by atoms with Gasteiger partial charge in [-0.3, -0.25) is 0 Å². The largest absolute Gasteiger partial charge is 0.395 e. The van der Waals surface area contributed by atoms with Gasteiger partial charge in [0.05, 0.1) is 11.2 Å². The number of nitrogens with two attached hydrogens (primary N) is 2. The number of nitrogens with zero attached hydrogens (tertiary/aromatic N) is 1. The number of aromatic nitrogens is 2. The molecule has 15 heavy (non-hydrogen) atoms. The average molecular weight is 200 g/mol. The van der Waals surface area contributed by atoms with Gasteiger partial charge in [-0.1, -0.05) is 0 Å². The summed E-state index contributed by atoms with van der Waals surface area (Å²) in [6.07, 6.45) is 1.92. The zero-order valence-corrected chi connectivity index (χ0v) is 8.41. The maximum atomic E-state index is 5.94. The van der Waals surface area contributed by atoms with E-state index < -0.39 is 0 Å². The van der Waals surface area contributed by atoms with E-state index in [9.17, 15) is 0 Å². The van der Waals surface area contributed by atoms with E-state index >= 15 is 0 Å². The summed E-state index contributed by atoms with van der Waals surface area (Å²) in [5.74, 6) is 0.623. The van der Waals surface area contributed by atoms with Gasteiger partial charge in [0.2, 0.25) is 0 Å². The van der Waals surface area contributed by atoms with Crippen LogP contribution < -0.4 is 11.5 Å². The van der Waals surface area contributed by atoms with Crippen LogP contribution in [0.1, 0.15) is 0 Å². The molecule has 0 aliphatic carbocycles. The van der Waals surface area contributed by atoms with Crippen LogP contribution in [0.4, 0.5) is 11.5 Å². The normalized spacial score (nSPS) is 11.5. The first-order valence-corrected chi connectivity index (χ1v) is 4.79. The number of hydrogen-bond donors (Lipinski definition) is 3. The van der Waals surface area contributed by atoms with Gasteiger partial charge in [0.15, 0.2) is 0 Å². The van der Waals surface area contributed by atoms with E-state index in [0.29, 0.717) is 11.5 Å². The standard InChI is InChI=1S/C11H12N4/c1-15-9-5-8-6(2-3-14-8)4-7(9)10(12)11(15)13/h2-5,14H,12-13H2,1H3. The number of benzene rings is 1. The number of aryl methyl sites for hydroxylation is 1. The van der Waals surface area contributed by atoms with Crippen molar-refractivity contribution < 1.29 is 0 Å². The molecule has 2 heterocycles. The molecular formula is C11H12N4. The van der Waals surface area contributed by atoms with Crippen LogP contribution in [0, 0.1) is 0 Å². The maximum absolute atomic E-state index is 5.94. The second kappa shape index (κ2) is 2.48. The summed E-state index contributed by atoms with van der Waals surface area (Å²) in [4.78, 5) is 3.17. The molecule has 2 aromatic heterocycles. The van der Waals surface area contributed by atoms with Crippen molar-refractivity contribution in [1.82, 2.24) is 9.55 Å². The molecule has 0 spiro atoms. The fourth-order valence-corrected chi connectivity index (χ4v) is 2.03. The van der Waals surface area contributed by atoms with Crippen LogP contribution in [-0.4, -0.2) is 9.55 Å². The Bertz CT molecular complexity index is 606. The van der Waals surface area contributed by atoms with Crippen LogP contribution in [-0.2, 0) is 7.05 Å². The van der Waals surface area contributed by atoms with E-state index in [2.05, 4.69) is 17.1 Å². The molecule has 0 fully saturated rings. The highest BCUT2D eigenvalue weighted by Crippen LogP contribution is 2.32. The Hall–Kier alpha value is -2.10. The van der Waals surface area contributed by atoms with Gasteiger partial charge < -0.3 is 21.0 Å². The molecular weight excluding hydrogens is 188 g/mol. The summed E-state index contributed by atoms with van der Waals surface area (Å²) in [5.41, 5.74) is 14.6. The molecule has 76 valence electrons. The quantitative estimate of drug-likeness (QED) is 0.518. The second-order valence-corrected chi connectivity index (χ2v) is 3.79. The van der Waals surface area contributed by atoms with Gasteiger partial charge in [-0.05, 0) is 18.2 Å². The van der Waals surface area contributed by atoms with Crippen LogP contribution in [0.3, 0.4) is 0 Å². The van der Waals surface area contributed by atoms with Gasteiger partial charge in [0.1, 0.15) is 5.82 Å². The van der Waals surface area contributed by atoms with E-state index in [1.54, 1.807) is 0 Å². The summed E-state index contributed by atoms with van der Waals surface area (Å²) in [7, 11) is 1.92. The monoisotopic (exact) mass is 200 g/mol. The van der Waals surface area contributed by atoms with Crippen molar-refractivity contribution in [3.05, 3.63) is 24.4 Å². The van der Waals surface area contributed by atoms with Crippen LogP contribution >= 0.6 is 0 Å². The number of H-pyrrole nitrogens is 1. The molecule has 4 heteroatoms. The zero-order valence-electron chi connectivity index (χ0n) is 8.41. The molecule has 0 saturated carbocycles. The van der Waals surface area contributed by atoms with Crippen molar-refractivity contribution in [2.24, 2.45) is 7.05 Å². The molecule has 0 saturated heterocycles. The van der Waals surface area contributed by atoms with Gasteiger partial charge in [-0.25, -0.2) is 0 Å². The molecule has 4 nitrogen and oxygen atoms in total. The maximum Gasteiger partial charge on any atom is 0.127 e. The molecule has 3 rings (SSSR count). The van der Waals surface area contributed by atoms with Crippen LogP contribution in [0.2, 0.25) is 0 Å². The third-order valence-corrected chi connectivity index (χ3v) is 2.96. The average Bonchev–Trinajstić information content (AvgIpc) is 2.77. The highest BCUT2D eigenvalue weighted by atomic mass is 15.0. The lowest BCUT2D eigenvalue weighted by Gasteiger charge is -1.97. The lowest BCUT2D eigenvalue weighted by molar-refractivity contribution is 0.984. The minimum atomic E-state index is 0.623. The van der Waals surface area contributed by atoms with E-state index in [4.69, 9.17) is 11.5 Å². The lowest BCUT2D eigenvalue weighted by Crippen LogP contribution is -1.97. The van der Waals surface area contributed by atoms with Crippen molar-refractivity contribution in [1.29, 1.82) is 0 Å². The van der Waals surface area contributed by atoms with Crippen molar-refractivity contribution in [3.8, 4) is 0 Å². The van der Waals surface area contributed by atoms with E-state index in [1.807, 2.05) is 23.9 Å². The van der Waals surface area contributed by atoms with Crippen molar-refractivity contribution in [2.75, 3.05) is 11.5 Å². The highest BCUT2D eigenvalue weighted by Gasteiger charge is 2.10. The number of nitrogen functional groups attached to an aromatic ring is 2. The first kappa shape index (κ1) is 8.23. The fraction of sp³-hybridized carbons (Fsp3) is 0.0909. The summed E-state index contributed by atoms with van der Waals surface area (Å²) >= 11 is 0. The smallest absolute Gasteiger partial charge is 0.127 e. The minimum Gasteiger partial charge on any atom is -0.395 e. The second-order valence-electron chi connectivity index (χ2n) is 3.79. The molecule has 0 amide bonds. The Balaban J connectivity index is 2.59. The Morgan fingerprint density at radius 3 is 2.87 bits per heavy atom. The zero-order chi connectivity index (χ0) is 10.6. The topological polar surface area (TPSA) is 72.8 Å². The lowest BCUT2D eigenvalue weighted by atomic mass is 10.2. The van der Waals surface area contributed by atoms with Gasteiger partial charge in [-0.2, -0.15) is 0 Å². The van der Waals surface area contributed by atoms with E-state index in [0.717, 1.165) is 21.8 Å². The van der Waals surface area contributed by atoms with Gasteiger partial charge in [0.25, 0.3) is 0 Å². The summed E-state index contributed by atoms with van der Waals surface area (Å²) in [5, 5.41) is 2.17. The van der Waals surface area contributed by atoms with Gasteiger partial charge in [-0.15, -0.1) is 0 Å². The fourth-order valence-electron chi connectivity index (χ4n) is 2.03. The Morgan fingerprint density at radius 1 is 1.27 bits per heavy atom. The molecule has 0 bridgehead atoms. The predicted octanol–water partition coefficient (Wildman–Crippen LogP) is 1.82. The predicted molar refractivity (Wildman–Crippen MR) is 63.6 cm³/mol. The Kier molecular flexibility index (Phi) is 1.36. The van der Waals surface area contributed by atoms with Crippen molar-refractivity contribution in [3.63, 3.8) is 0 Å². The van der Waals surface area contributed by atoms with Gasteiger partial charge >= 0.3 is 0 Å². The van der Waals surface area contributed by atoms with E-state index in [-0.39, 0.29) is 0 Å². The van der Waals surface area contributed by atoms with Crippen LogP contribution in [0.25, 0.3) is 21.8 Å². The first-order chi connectivity index (χ1) is 7.18. The molecule has 0 atom stereocenters. The molecule has 0 unspecified atom stereocenters. The van der Waals surface area contributed by atoms with Crippen LogP contribution in [0.5, 0.6) is 0 Å². The molecule has 0 aliphatic heterocycles. The number of hydrogen-bond acceptors (Lipinski definition) is 2. The Morgan fingerprint density at radius 2 is 2.07 bits per heavy atom.